The van der Waals surface area contributed by atoms with Gasteiger partial charge in [0.15, 0.2) is 17.0 Å². The predicted molar refractivity (Wildman–Crippen MR) is 61.5 cm³/mol. The van der Waals surface area contributed by atoms with Crippen LogP contribution in [-0.4, -0.2) is 15.1 Å². The molecule has 0 saturated heterocycles. The molecule has 0 amide bonds. The first-order valence-corrected chi connectivity index (χ1v) is 5.56. The molecule has 0 radical (unpaired) electrons. The van der Waals surface area contributed by atoms with Crippen molar-refractivity contribution < 1.29 is 9.52 Å². The van der Waals surface area contributed by atoms with Crippen LogP contribution in [0.25, 0.3) is 21.7 Å². The first-order chi connectivity index (χ1) is 7.74. The molecule has 16 heavy (non-hydrogen) atoms. The topological polar surface area (TPSA) is 59.2 Å². The van der Waals surface area contributed by atoms with E-state index in [0.29, 0.717) is 5.69 Å². The first-order valence-electron chi connectivity index (χ1n) is 4.74. The summed E-state index contributed by atoms with van der Waals surface area (Å²) in [6.45, 7) is 1.78. The Balaban J connectivity index is 2.17. The van der Waals surface area contributed by atoms with Gasteiger partial charge in [0.25, 0.3) is 0 Å². The van der Waals surface area contributed by atoms with Crippen molar-refractivity contribution in [3.8, 4) is 15.6 Å². The Morgan fingerprint density at radius 3 is 3.00 bits per heavy atom. The number of benzene rings is 1. The maximum atomic E-state index is 9.49. The second-order valence-electron chi connectivity index (χ2n) is 3.44. The van der Waals surface area contributed by atoms with Gasteiger partial charge in [0.2, 0.25) is 0 Å². The van der Waals surface area contributed by atoms with Crippen LogP contribution in [0.3, 0.4) is 0 Å². The number of hydrogen-bond acceptors (Lipinski definition) is 5. The molecule has 0 aliphatic heterocycles. The van der Waals surface area contributed by atoms with Crippen LogP contribution in [0.15, 0.2) is 29.0 Å². The van der Waals surface area contributed by atoms with E-state index in [0.717, 1.165) is 21.7 Å². The van der Waals surface area contributed by atoms with Crippen LogP contribution < -0.4 is 0 Å². The minimum atomic E-state index is 0.257. The van der Waals surface area contributed by atoms with Crippen LogP contribution in [0.1, 0.15) is 5.69 Å². The lowest BCUT2D eigenvalue weighted by molar-refractivity contribution is 0.485. The summed E-state index contributed by atoms with van der Waals surface area (Å²) in [6.07, 6.45) is 1.42. The summed E-state index contributed by atoms with van der Waals surface area (Å²) < 4.78 is 5.22. The quantitative estimate of drug-likeness (QED) is 0.700. The highest BCUT2D eigenvalue weighted by molar-refractivity contribution is 7.16. The predicted octanol–water partition coefficient (Wildman–Crippen LogP) is 2.97. The van der Waals surface area contributed by atoms with Gasteiger partial charge in [-0.25, -0.2) is 9.97 Å². The number of thiazole rings is 1. The summed E-state index contributed by atoms with van der Waals surface area (Å²) in [5.41, 5.74) is 3.13. The lowest BCUT2D eigenvalue weighted by Gasteiger charge is -1.94. The van der Waals surface area contributed by atoms with Gasteiger partial charge in [-0.1, -0.05) is 11.3 Å². The van der Waals surface area contributed by atoms with Gasteiger partial charge in [0.05, 0.1) is 5.69 Å². The van der Waals surface area contributed by atoms with Crippen LogP contribution in [0.4, 0.5) is 0 Å². The summed E-state index contributed by atoms with van der Waals surface area (Å²) in [6, 6.07) is 5.67. The van der Waals surface area contributed by atoms with Gasteiger partial charge in [-0.3, -0.25) is 0 Å². The molecule has 1 N–H and O–H groups in total. The molecule has 2 heterocycles. The molecule has 0 aliphatic carbocycles. The second kappa shape index (κ2) is 3.31. The molecule has 2 aromatic heterocycles. The highest BCUT2D eigenvalue weighted by Gasteiger charge is 2.09. The fraction of sp³-hybridized carbons (Fsp3) is 0.0909. The zero-order valence-electron chi connectivity index (χ0n) is 8.47. The Bertz CT molecular complexity index is 637. The largest absolute Gasteiger partial charge is 0.498 e. The number of aromatic hydroxyl groups is 1. The fourth-order valence-corrected chi connectivity index (χ4v) is 2.30. The van der Waals surface area contributed by atoms with Gasteiger partial charge in [-0.15, -0.1) is 0 Å². The standard InChI is InChI=1S/C11H8N2O2S/c1-6-11(14)16-10(13-6)7-2-3-8-9(4-7)15-5-12-8/h2-5,14H,1H3. The average Bonchev–Trinajstić information content (AvgIpc) is 2.85. The van der Waals surface area contributed by atoms with Gasteiger partial charge in [0, 0.05) is 5.56 Å². The van der Waals surface area contributed by atoms with Crippen molar-refractivity contribution in [2.45, 2.75) is 6.92 Å². The molecule has 1 aromatic carbocycles. The van der Waals surface area contributed by atoms with Gasteiger partial charge in [-0.2, -0.15) is 0 Å². The molecule has 3 aromatic rings. The van der Waals surface area contributed by atoms with Crippen LogP contribution in [0.2, 0.25) is 0 Å². The van der Waals surface area contributed by atoms with Crippen molar-refractivity contribution >= 4 is 22.4 Å². The summed E-state index contributed by atoms with van der Waals surface area (Å²) >= 11 is 1.26. The van der Waals surface area contributed by atoms with E-state index in [1.165, 1.54) is 17.7 Å². The monoisotopic (exact) mass is 232 g/mol. The van der Waals surface area contributed by atoms with E-state index in [-0.39, 0.29) is 5.06 Å². The molecule has 0 atom stereocenters. The average molecular weight is 232 g/mol. The van der Waals surface area contributed by atoms with E-state index < -0.39 is 0 Å². The minimum absolute atomic E-state index is 0.257. The molecule has 5 heteroatoms. The molecule has 0 bridgehead atoms. The highest BCUT2D eigenvalue weighted by Crippen LogP contribution is 2.33. The Morgan fingerprint density at radius 2 is 2.25 bits per heavy atom. The maximum Gasteiger partial charge on any atom is 0.195 e. The third-order valence-corrected chi connectivity index (χ3v) is 3.36. The molecule has 3 rings (SSSR count). The molecule has 0 aliphatic rings. The molecule has 4 nitrogen and oxygen atoms in total. The SMILES string of the molecule is Cc1nc(-c2ccc3ncoc3c2)sc1O. The van der Waals surface area contributed by atoms with Crippen molar-refractivity contribution in [3.05, 3.63) is 30.3 Å². The Labute approximate surface area is 95.2 Å². The summed E-state index contributed by atoms with van der Waals surface area (Å²) in [5, 5.41) is 10.5. The number of aromatic nitrogens is 2. The van der Waals surface area contributed by atoms with E-state index in [1.54, 1.807) is 6.92 Å². The number of fused-ring (bicyclic) bond motifs is 1. The van der Waals surface area contributed by atoms with Crippen molar-refractivity contribution in [3.63, 3.8) is 0 Å². The van der Waals surface area contributed by atoms with E-state index in [9.17, 15) is 5.11 Å². The Morgan fingerprint density at radius 1 is 1.38 bits per heavy atom. The van der Waals surface area contributed by atoms with E-state index in [4.69, 9.17) is 4.42 Å². The Kier molecular flexibility index (Phi) is 1.94. The van der Waals surface area contributed by atoms with Crippen LogP contribution in [0.5, 0.6) is 5.06 Å². The molecule has 80 valence electrons. The van der Waals surface area contributed by atoms with E-state index in [1.807, 2.05) is 18.2 Å². The first kappa shape index (κ1) is 9.35. The van der Waals surface area contributed by atoms with E-state index in [2.05, 4.69) is 9.97 Å². The fourth-order valence-electron chi connectivity index (χ4n) is 1.50. The zero-order valence-corrected chi connectivity index (χ0v) is 9.28. The van der Waals surface area contributed by atoms with Crippen molar-refractivity contribution in [1.82, 2.24) is 9.97 Å². The Hall–Kier alpha value is -1.88. The smallest absolute Gasteiger partial charge is 0.195 e. The lowest BCUT2D eigenvalue weighted by Crippen LogP contribution is -1.77. The van der Waals surface area contributed by atoms with Crippen molar-refractivity contribution in [2.75, 3.05) is 0 Å². The van der Waals surface area contributed by atoms with Crippen LogP contribution >= 0.6 is 11.3 Å². The molecule has 0 fully saturated rings. The van der Waals surface area contributed by atoms with Gasteiger partial charge >= 0.3 is 0 Å². The number of nitrogens with zero attached hydrogens (tertiary/aromatic N) is 2. The third-order valence-electron chi connectivity index (χ3n) is 2.35. The van der Waals surface area contributed by atoms with Crippen LogP contribution in [0, 0.1) is 6.92 Å². The highest BCUT2D eigenvalue weighted by atomic mass is 32.1. The van der Waals surface area contributed by atoms with Gasteiger partial charge in [0.1, 0.15) is 10.5 Å². The number of oxazole rings is 1. The normalized spacial score (nSPS) is 11.1. The number of rotatable bonds is 1. The lowest BCUT2D eigenvalue weighted by atomic mass is 10.2. The number of aryl methyl sites for hydroxylation is 1. The molecule has 0 saturated carbocycles. The van der Waals surface area contributed by atoms with Crippen molar-refractivity contribution in [2.24, 2.45) is 0 Å². The maximum absolute atomic E-state index is 9.49. The van der Waals surface area contributed by atoms with Crippen molar-refractivity contribution in [1.29, 1.82) is 0 Å². The molecule has 0 unspecified atom stereocenters. The number of hydrogen-bond donors (Lipinski definition) is 1. The zero-order chi connectivity index (χ0) is 11.1. The minimum Gasteiger partial charge on any atom is -0.498 e. The van der Waals surface area contributed by atoms with Gasteiger partial charge < -0.3 is 9.52 Å². The molecule has 0 spiro atoms. The summed E-state index contributed by atoms with van der Waals surface area (Å²) in [5.74, 6) is 0. The van der Waals surface area contributed by atoms with E-state index >= 15 is 0 Å². The summed E-state index contributed by atoms with van der Waals surface area (Å²) in [4.78, 5) is 8.32. The third kappa shape index (κ3) is 1.37. The van der Waals surface area contributed by atoms with Gasteiger partial charge in [-0.05, 0) is 25.1 Å². The molecular weight excluding hydrogens is 224 g/mol. The molecular formula is C11H8N2O2S. The second-order valence-corrected chi connectivity index (χ2v) is 4.42. The van der Waals surface area contributed by atoms with Crippen LogP contribution in [-0.2, 0) is 0 Å². The summed E-state index contributed by atoms with van der Waals surface area (Å²) in [7, 11) is 0.